The van der Waals surface area contributed by atoms with Gasteiger partial charge in [-0.2, -0.15) is 0 Å². The lowest BCUT2D eigenvalue weighted by molar-refractivity contribution is -0.131. The minimum absolute atomic E-state index is 0.0316. The molecule has 0 aliphatic carbocycles. The zero-order valence-corrected chi connectivity index (χ0v) is 13.0. The van der Waals surface area contributed by atoms with Crippen LogP contribution in [0.5, 0.6) is 0 Å². The van der Waals surface area contributed by atoms with Gasteiger partial charge in [-0.3, -0.25) is 9.59 Å². The van der Waals surface area contributed by atoms with Gasteiger partial charge in [-0.25, -0.2) is 4.39 Å². The third-order valence-corrected chi connectivity index (χ3v) is 3.73. The Morgan fingerprint density at radius 3 is 2.86 bits per heavy atom. The van der Waals surface area contributed by atoms with Crippen molar-refractivity contribution in [2.45, 2.75) is 26.7 Å². The number of nitrogens with one attached hydrogen (secondary N) is 2. The molecule has 2 rings (SSSR count). The minimum atomic E-state index is -0.450. The Labute approximate surface area is 129 Å². The van der Waals surface area contributed by atoms with Gasteiger partial charge in [0.25, 0.3) is 0 Å². The van der Waals surface area contributed by atoms with Crippen LogP contribution in [0, 0.1) is 11.7 Å². The highest BCUT2D eigenvalue weighted by Crippen LogP contribution is 2.20. The van der Waals surface area contributed by atoms with Gasteiger partial charge in [-0.05, 0) is 37.0 Å². The number of piperidine rings is 1. The molecule has 120 valence electrons. The molecule has 0 bridgehead atoms. The van der Waals surface area contributed by atoms with E-state index >= 15 is 0 Å². The summed E-state index contributed by atoms with van der Waals surface area (Å²) >= 11 is 0. The summed E-state index contributed by atoms with van der Waals surface area (Å²) in [6, 6.07) is 4.24. The summed E-state index contributed by atoms with van der Waals surface area (Å²) in [6.45, 7) is 5.09. The average Bonchev–Trinajstić information content (AvgIpc) is 2.47. The number of rotatable bonds is 4. The standard InChI is InChI=1S/C16H22FN3O2/c1-11-4-3-7-20(10-11)16(22)9-18-15-8-13(19-12(2)21)5-6-14(15)17/h5-6,8,11,18H,3-4,7,9-10H2,1-2H3,(H,19,21). The average molecular weight is 307 g/mol. The zero-order chi connectivity index (χ0) is 16.1. The lowest BCUT2D eigenvalue weighted by Crippen LogP contribution is -2.42. The van der Waals surface area contributed by atoms with Crippen LogP contribution in [0.4, 0.5) is 15.8 Å². The number of halogens is 1. The number of anilines is 2. The number of likely N-dealkylation sites (tertiary alicyclic amines) is 1. The summed E-state index contributed by atoms with van der Waals surface area (Å²) in [6.07, 6.45) is 2.16. The topological polar surface area (TPSA) is 61.4 Å². The lowest BCUT2D eigenvalue weighted by Gasteiger charge is -2.31. The van der Waals surface area contributed by atoms with E-state index < -0.39 is 5.82 Å². The molecule has 1 fully saturated rings. The largest absolute Gasteiger partial charge is 0.374 e. The van der Waals surface area contributed by atoms with E-state index in [1.165, 1.54) is 25.1 Å². The summed E-state index contributed by atoms with van der Waals surface area (Å²) in [5.41, 5.74) is 0.708. The second kappa shape index (κ2) is 7.24. The smallest absolute Gasteiger partial charge is 0.241 e. The van der Waals surface area contributed by atoms with E-state index in [1.807, 2.05) is 4.90 Å². The Balaban J connectivity index is 1.95. The van der Waals surface area contributed by atoms with Crippen molar-refractivity contribution < 1.29 is 14.0 Å². The molecule has 6 heteroatoms. The van der Waals surface area contributed by atoms with E-state index in [0.29, 0.717) is 11.6 Å². The molecule has 1 aliphatic rings. The maximum atomic E-state index is 13.8. The van der Waals surface area contributed by atoms with Gasteiger partial charge < -0.3 is 15.5 Å². The van der Waals surface area contributed by atoms with Crippen LogP contribution in [0.1, 0.15) is 26.7 Å². The van der Waals surface area contributed by atoms with Gasteiger partial charge in [0.05, 0.1) is 12.2 Å². The number of carbonyl (C=O) groups is 2. The number of nitrogens with zero attached hydrogens (tertiary/aromatic N) is 1. The SMILES string of the molecule is CC(=O)Nc1ccc(F)c(NCC(=O)N2CCCC(C)C2)c1. The molecular weight excluding hydrogens is 285 g/mol. The second-order valence-corrected chi connectivity index (χ2v) is 5.82. The van der Waals surface area contributed by atoms with E-state index in [4.69, 9.17) is 0 Å². The highest BCUT2D eigenvalue weighted by molar-refractivity contribution is 5.89. The molecule has 1 unspecified atom stereocenters. The van der Waals surface area contributed by atoms with Crippen molar-refractivity contribution in [2.75, 3.05) is 30.3 Å². The predicted octanol–water partition coefficient (Wildman–Crippen LogP) is 2.45. The van der Waals surface area contributed by atoms with Gasteiger partial charge in [0, 0.05) is 25.7 Å². The number of amides is 2. The van der Waals surface area contributed by atoms with Gasteiger partial charge >= 0.3 is 0 Å². The van der Waals surface area contributed by atoms with Crippen molar-refractivity contribution in [1.82, 2.24) is 4.90 Å². The Morgan fingerprint density at radius 2 is 2.18 bits per heavy atom. The van der Waals surface area contributed by atoms with Crippen LogP contribution in [-0.4, -0.2) is 36.3 Å². The number of carbonyl (C=O) groups excluding carboxylic acids is 2. The van der Waals surface area contributed by atoms with Crippen LogP contribution in [0.2, 0.25) is 0 Å². The van der Waals surface area contributed by atoms with Gasteiger partial charge in [0.15, 0.2) is 0 Å². The van der Waals surface area contributed by atoms with E-state index in [-0.39, 0.29) is 24.0 Å². The molecule has 0 spiro atoms. The first-order valence-electron chi connectivity index (χ1n) is 7.54. The van der Waals surface area contributed by atoms with Crippen molar-refractivity contribution in [3.63, 3.8) is 0 Å². The molecule has 1 atom stereocenters. The minimum Gasteiger partial charge on any atom is -0.374 e. The van der Waals surface area contributed by atoms with Crippen LogP contribution in [0.25, 0.3) is 0 Å². The first-order chi connectivity index (χ1) is 10.5. The van der Waals surface area contributed by atoms with Gasteiger partial charge in [-0.1, -0.05) is 6.92 Å². The Hall–Kier alpha value is -2.11. The number of benzene rings is 1. The summed E-state index contributed by atoms with van der Waals surface area (Å²) in [5.74, 6) is -0.196. The normalized spacial score (nSPS) is 18.0. The summed E-state index contributed by atoms with van der Waals surface area (Å²) in [4.78, 5) is 25.0. The Morgan fingerprint density at radius 1 is 1.41 bits per heavy atom. The third-order valence-electron chi connectivity index (χ3n) is 3.73. The van der Waals surface area contributed by atoms with Crippen molar-refractivity contribution in [2.24, 2.45) is 5.92 Å². The third kappa shape index (κ3) is 4.44. The van der Waals surface area contributed by atoms with Crippen LogP contribution in [0.15, 0.2) is 18.2 Å². The van der Waals surface area contributed by atoms with Gasteiger partial charge in [-0.15, -0.1) is 0 Å². The molecule has 1 heterocycles. The zero-order valence-electron chi connectivity index (χ0n) is 13.0. The van der Waals surface area contributed by atoms with Crippen molar-refractivity contribution in [3.8, 4) is 0 Å². The lowest BCUT2D eigenvalue weighted by atomic mass is 10.0. The van der Waals surface area contributed by atoms with Gasteiger partial charge in [0.1, 0.15) is 5.82 Å². The van der Waals surface area contributed by atoms with E-state index in [9.17, 15) is 14.0 Å². The van der Waals surface area contributed by atoms with E-state index in [2.05, 4.69) is 17.6 Å². The molecule has 0 aromatic heterocycles. The number of hydrogen-bond acceptors (Lipinski definition) is 3. The molecule has 22 heavy (non-hydrogen) atoms. The number of hydrogen-bond donors (Lipinski definition) is 2. The molecule has 1 saturated heterocycles. The second-order valence-electron chi connectivity index (χ2n) is 5.82. The van der Waals surface area contributed by atoms with Crippen molar-refractivity contribution in [3.05, 3.63) is 24.0 Å². The molecule has 0 saturated carbocycles. The molecule has 2 amide bonds. The Kier molecular flexibility index (Phi) is 5.35. The quantitative estimate of drug-likeness (QED) is 0.898. The van der Waals surface area contributed by atoms with Crippen molar-refractivity contribution >= 4 is 23.2 Å². The molecular formula is C16H22FN3O2. The Bertz CT molecular complexity index is 562. The van der Waals surface area contributed by atoms with Gasteiger partial charge in [0.2, 0.25) is 11.8 Å². The first kappa shape index (κ1) is 16.3. The highest BCUT2D eigenvalue weighted by atomic mass is 19.1. The van der Waals surface area contributed by atoms with E-state index in [1.54, 1.807) is 0 Å². The van der Waals surface area contributed by atoms with E-state index in [0.717, 1.165) is 25.9 Å². The van der Waals surface area contributed by atoms with Crippen LogP contribution < -0.4 is 10.6 Å². The summed E-state index contributed by atoms with van der Waals surface area (Å²) < 4.78 is 13.8. The van der Waals surface area contributed by atoms with Crippen LogP contribution in [-0.2, 0) is 9.59 Å². The fourth-order valence-corrected chi connectivity index (χ4v) is 2.64. The molecule has 2 N–H and O–H groups in total. The van der Waals surface area contributed by atoms with Crippen LogP contribution in [0.3, 0.4) is 0 Å². The highest BCUT2D eigenvalue weighted by Gasteiger charge is 2.20. The molecule has 0 radical (unpaired) electrons. The molecule has 1 aromatic carbocycles. The molecule has 1 aliphatic heterocycles. The fraction of sp³-hybridized carbons (Fsp3) is 0.500. The summed E-state index contributed by atoms with van der Waals surface area (Å²) in [5, 5.41) is 5.41. The fourth-order valence-electron chi connectivity index (χ4n) is 2.64. The van der Waals surface area contributed by atoms with Crippen molar-refractivity contribution in [1.29, 1.82) is 0 Å². The predicted molar refractivity (Wildman–Crippen MR) is 84.2 cm³/mol. The summed E-state index contributed by atoms with van der Waals surface area (Å²) in [7, 11) is 0. The van der Waals surface area contributed by atoms with Crippen LogP contribution >= 0.6 is 0 Å². The maximum absolute atomic E-state index is 13.8. The maximum Gasteiger partial charge on any atom is 0.241 e. The molecule has 5 nitrogen and oxygen atoms in total. The molecule has 1 aromatic rings. The first-order valence-corrected chi connectivity index (χ1v) is 7.54. The monoisotopic (exact) mass is 307 g/mol.